The minimum absolute atomic E-state index is 0.838. The lowest BCUT2D eigenvalue weighted by Gasteiger charge is -2.02. The van der Waals surface area contributed by atoms with E-state index in [1.807, 2.05) is 34.8 Å². The Morgan fingerprint density at radius 1 is 1.29 bits per heavy atom. The van der Waals surface area contributed by atoms with Gasteiger partial charge in [-0.3, -0.25) is 5.10 Å². The molecule has 4 nitrogen and oxygen atoms in total. The highest BCUT2D eigenvalue weighted by molar-refractivity contribution is 7.71. The number of fused-ring (bicyclic) bond motifs is 2. The maximum absolute atomic E-state index is 5.60. The summed E-state index contributed by atoms with van der Waals surface area (Å²) in [6.07, 6.45) is 3.23. The number of aromatic amines is 1. The van der Waals surface area contributed by atoms with E-state index in [2.05, 4.69) is 5.10 Å². The van der Waals surface area contributed by atoms with Crippen LogP contribution in [0.2, 0.25) is 0 Å². The Morgan fingerprint density at radius 3 is 3.05 bits per heavy atom. The van der Waals surface area contributed by atoms with Crippen molar-refractivity contribution in [3.05, 3.63) is 46.2 Å². The zero-order valence-electron chi connectivity index (χ0n) is 11.7. The van der Waals surface area contributed by atoms with Gasteiger partial charge in [-0.15, -0.1) is 0 Å². The molecule has 1 N–H and O–H groups in total. The number of ether oxygens (including phenoxy) is 1. The third-order valence-electron chi connectivity index (χ3n) is 4.01. The van der Waals surface area contributed by atoms with Gasteiger partial charge in [0, 0.05) is 22.9 Å². The maximum atomic E-state index is 5.60. The van der Waals surface area contributed by atoms with Crippen LogP contribution >= 0.6 is 12.2 Å². The fraction of sp³-hybridized carbons (Fsp3) is 0.250. The molecule has 2 aromatic heterocycles. The number of nitrogens with zero attached hydrogens (tertiary/aromatic N) is 2. The van der Waals surface area contributed by atoms with Gasteiger partial charge in [0.05, 0.1) is 12.8 Å². The summed E-state index contributed by atoms with van der Waals surface area (Å²) < 4.78 is 8.06. The van der Waals surface area contributed by atoms with E-state index in [1.54, 1.807) is 7.11 Å². The fourth-order valence-corrected chi connectivity index (χ4v) is 3.29. The molecule has 0 radical (unpaired) electrons. The van der Waals surface area contributed by atoms with Crippen molar-refractivity contribution in [2.75, 3.05) is 7.11 Å². The molecule has 21 heavy (non-hydrogen) atoms. The quantitative estimate of drug-likeness (QED) is 0.735. The van der Waals surface area contributed by atoms with Gasteiger partial charge in [-0.25, -0.2) is 9.50 Å². The minimum atomic E-state index is 0.838. The van der Waals surface area contributed by atoms with Crippen molar-refractivity contribution in [3.8, 4) is 17.0 Å². The molecule has 3 aromatic rings. The summed E-state index contributed by atoms with van der Waals surface area (Å²) in [7, 11) is 1.67. The second kappa shape index (κ2) is 4.70. The first-order chi connectivity index (χ1) is 10.3. The summed E-state index contributed by atoms with van der Waals surface area (Å²) in [5.74, 6) is 0.838. The molecule has 0 saturated carbocycles. The van der Waals surface area contributed by atoms with Gasteiger partial charge in [0.1, 0.15) is 10.4 Å². The molecule has 0 bridgehead atoms. The van der Waals surface area contributed by atoms with E-state index in [0.29, 0.717) is 0 Å². The molecule has 5 heteroatoms. The highest BCUT2D eigenvalue weighted by Crippen LogP contribution is 2.26. The second-order valence-corrected chi connectivity index (χ2v) is 5.68. The Morgan fingerprint density at radius 2 is 2.19 bits per heavy atom. The predicted molar refractivity (Wildman–Crippen MR) is 84.4 cm³/mol. The molecule has 0 fully saturated rings. The number of rotatable bonds is 2. The van der Waals surface area contributed by atoms with Crippen LogP contribution in [-0.2, 0) is 12.8 Å². The second-order valence-electron chi connectivity index (χ2n) is 5.29. The average molecular weight is 297 g/mol. The van der Waals surface area contributed by atoms with E-state index in [1.165, 1.54) is 5.56 Å². The summed E-state index contributed by atoms with van der Waals surface area (Å²) >= 11 is 5.60. The maximum Gasteiger partial charge on any atom is 0.155 e. The van der Waals surface area contributed by atoms with Crippen molar-refractivity contribution < 1.29 is 4.74 Å². The number of benzene rings is 1. The molecule has 1 aromatic carbocycles. The van der Waals surface area contributed by atoms with E-state index < -0.39 is 0 Å². The van der Waals surface area contributed by atoms with E-state index in [0.717, 1.165) is 52.3 Å². The monoisotopic (exact) mass is 297 g/mol. The standard InChI is InChI=1S/C16H15N3OS/c1-20-11-5-2-4-10(8-11)14-9-15-17-13-7-3-6-12(13)16(21)19(15)18-14/h2,4-5,8-9,18H,3,6-7H2,1H3. The highest BCUT2D eigenvalue weighted by Gasteiger charge is 2.17. The van der Waals surface area contributed by atoms with E-state index in [-0.39, 0.29) is 0 Å². The fourth-order valence-electron chi connectivity index (χ4n) is 2.93. The van der Waals surface area contributed by atoms with Crippen LogP contribution in [0.25, 0.3) is 16.9 Å². The first kappa shape index (κ1) is 12.6. The largest absolute Gasteiger partial charge is 0.497 e. The predicted octanol–water partition coefficient (Wildman–Crippen LogP) is 3.56. The van der Waals surface area contributed by atoms with Crippen molar-refractivity contribution in [1.29, 1.82) is 0 Å². The Kier molecular flexibility index (Phi) is 2.82. The topological polar surface area (TPSA) is 42.3 Å². The summed E-state index contributed by atoms with van der Waals surface area (Å²) in [5.41, 5.74) is 5.33. The first-order valence-electron chi connectivity index (χ1n) is 7.04. The third-order valence-corrected chi connectivity index (χ3v) is 4.44. The van der Waals surface area contributed by atoms with Crippen molar-refractivity contribution >= 4 is 17.9 Å². The third kappa shape index (κ3) is 1.96. The van der Waals surface area contributed by atoms with Gasteiger partial charge in [0.25, 0.3) is 0 Å². The van der Waals surface area contributed by atoms with E-state index in [4.69, 9.17) is 21.9 Å². The SMILES string of the molecule is COc1cccc(-c2cc3nc4c(c(=S)n3[nH]2)CCC4)c1. The van der Waals surface area contributed by atoms with Crippen LogP contribution in [0, 0.1) is 4.64 Å². The molecule has 0 aliphatic heterocycles. The zero-order valence-corrected chi connectivity index (χ0v) is 12.5. The lowest BCUT2D eigenvalue weighted by molar-refractivity contribution is 0.415. The van der Waals surface area contributed by atoms with Crippen LogP contribution < -0.4 is 4.74 Å². The number of hydrogen-bond donors (Lipinski definition) is 1. The number of aryl methyl sites for hydroxylation is 1. The van der Waals surface area contributed by atoms with Crippen LogP contribution in [0.3, 0.4) is 0 Å². The molecule has 0 amide bonds. The van der Waals surface area contributed by atoms with Crippen molar-refractivity contribution in [1.82, 2.24) is 14.6 Å². The van der Waals surface area contributed by atoms with Gasteiger partial charge >= 0.3 is 0 Å². The van der Waals surface area contributed by atoms with Crippen molar-refractivity contribution in [2.24, 2.45) is 0 Å². The molecule has 0 spiro atoms. The van der Waals surface area contributed by atoms with Gasteiger partial charge in [-0.2, -0.15) is 0 Å². The number of aromatic nitrogens is 3. The smallest absolute Gasteiger partial charge is 0.155 e. The molecule has 0 saturated heterocycles. The van der Waals surface area contributed by atoms with Crippen molar-refractivity contribution in [3.63, 3.8) is 0 Å². The van der Waals surface area contributed by atoms with Crippen LogP contribution in [0.1, 0.15) is 17.7 Å². The normalized spacial score (nSPS) is 13.6. The molecule has 1 aliphatic carbocycles. The van der Waals surface area contributed by atoms with Gasteiger partial charge in [-0.05, 0) is 31.4 Å². The summed E-state index contributed by atoms with van der Waals surface area (Å²) in [6.45, 7) is 0. The van der Waals surface area contributed by atoms with E-state index >= 15 is 0 Å². The molecule has 106 valence electrons. The number of H-pyrrole nitrogens is 1. The molecular formula is C16H15N3OS. The molecule has 2 heterocycles. The summed E-state index contributed by atoms with van der Waals surface area (Å²) in [5, 5.41) is 3.36. The first-order valence-corrected chi connectivity index (χ1v) is 7.45. The van der Waals surface area contributed by atoms with Gasteiger partial charge in [0.2, 0.25) is 0 Å². The Labute approximate surface area is 127 Å². The van der Waals surface area contributed by atoms with Crippen LogP contribution in [0.4, 0.5) is 0 Å². The summed E-state index contributed by atoms with van der Waals surface area (Å²) in [4.78, 5) is 4.74. The Bertz CT molecular complexity index is 894. The van der Waals surface area contributed by atoms with Gasteiger partial charge in [-0.1, -0.05) is 24.4 Å². The molecular weight excluding hydrogens is 282 g/mol. The molecule has 4 rings (SSSR count). The highest BCUT2D eigenvalue weighted by atomic mass is 32.1. The van der Waals surface area contributed by atoms with Crippen LogP contribution in [0.5, 0.6) is 5.75 Å². The molecule has 0 unspecified atom stereocenters. The summed E-state index contributed by atoms with van der Waals surface area (Å²) in [6, 6.07) is 10.0. The number of hydrogen-bond acceptors (Lipinski definition) is 3. The lowest BCUT2D eigenvalue weighted by Crippen LogP contribution is -1.99. The van der Waals surface area contributed by atoms with Crippen LogP contribution in [0.15, 0.2) is 30.3 Å². The van der Waals surface area contributed by atoms with Gasteiger partial charge in [0.15, 0.2) is 5.65 Å². The lowest BCUT2D eigenvalue weighted by atomic mass is 10.1. The Hall–Kier alpha value is -2.14. The van der Waals surface area contributed by atoms with E-state index in [9.17, 15) is 0 Å². The Balaban J connectivity index is 1.91. The minimum Gasteiger partial charge on any atom is -0.497 e. The molecule has 0 atom stereocenters. The van der Waals surface area contributed by atoms with Gasteiger partial charge < -0.3 is 4.74 Å². The average Bonchev–Trinajstić information content (AvgIpc) is 3.14. The van der Waals surface area contributed by atoms with Crippen LogP contribution in [-0.4, -0.2) is 21.7 Å². The van der Waals surface area contributed by atoms with Crippen molar-refractivity contribution in [2.45, 2.75) is 19.3 Å². The zero-order chi connectivity index (χ0) is 14.4. The molecule has 1 aliphatic rings. The number of nitrogens with one attached hydrogen (secondary N) is 1. The number of methoxy groups -OCH3 is 1.